The van der Waals surface area contributed by atoms with E-state index in [9.17, 15) is 22.4 Å². The standard InChI is InChI=1S/C26H32FN3O4S/c1-25(2)13-21-14-26(3,16-25)17-30(21)35(33,34)22-10-5-7-18(11-22)24(32)29(4)15-23(31)28-20-9-6-8-19(27)12-20/h5-12,21H,13-17H2,1-4H3,(H,28,31)/t21-,26+/m1/s1. The smallest absolute Gasteiger partial charge is 0.254 e. The van der Waals surface area contributed by atoms with Crippen molar-refractivity contribution in [1.82, 2.24) is 9.21 Å². The molecule has 1 N–H and O–H groups in total. The number of fused-ring (bicyclic) bond motifs is 2. The predicted molar refractivity (Wildman–Crippen MR) is 132 cm³/mol. The van der Waals surface area contributed by atoms with E-state index in [2.05, 4.69) is 26.1 Å². The molecular formula is C26H32FN3O4S. The van der Waals surface area contributed by atoms with Crippen LogP contribution in [0, 0.1) is 16.6 Å². The largest absolute Gasteiger partial charge is 0.332 e. The molecule has 1 saturated carbocycles. The molecule has 2 aromatic rings. The van der Waals surface area contributed by atoms with Crippen LogP contribution < -0.4 is 5.32 Å². The van der Waals surface area contributed by atoms with E-state index >= 15 is 0 Å². The van der Waals surface area contributed by atoms with Crippen molar-refractivity contribution in [2.24, 2.45) is 10.8 Å². The van der Waals surface area contributed by atoms with Crippen LogP contribution in [0.1, 0.15) is 50.4 Å². The van der Waals surface area contributed by atoms with Crippen LogP contribution in [-0.4, -0.2) is 55.6 Å². The van der Waals surface area contributed by atoms with Crippen molar-refractivity contribution < 1.29 is 22.4 Å². The van der Waals surface area contributed by atoms with Gasteiger partial charge in [0, 0.05) is 30.9 Å². The van der Waals surface area contributed by atoms with E-state index in [0.717, 1.165) is 19.3 Å². The van der Waals surface area contributed by atoms with Gasteiger partial charge in [-0.25, -0.2) is 12.8 Å². The highest BCUT2D eigenvalue weighted by Crippen LogP contribution is 2.53. The molecule has 1 heterocycles. The van der Waals surface area contributed by atoms with E-state index in [1.54, 1.807) is 16.4 Å². The van der Waals surface area contributed by atoms with Crippen molar-refractivity contribution in [3.63, 3.8) is 0 Å². The molecule has 7 nitrogen and oxygen atoms in total. The van der Waals surface area contributed by atoms with Gasteiger partial charge in [0.15, 0.2) is 0 Å². The van der Waals surface area contributed by atoms with E-state index in [1.807, 2.05) is 0 Å². The lowest BCUT2D eigenvalue weighted by molar-refractivity contribution is -0.116. The van der Waals surface area contributed by atoms with E-state index in [4.69, 9.17) is 0 Å². The molecule has 0 spiro atoms. The van der Waals surface area contributed by atoms with Crippen LogP contribution in [0.15, 0.2) is 53.4 Å². The average molecular weight is 502 g/mol. The molecule has 2 bridgehead atoms. The zero-order valence-electron chi connectivity index (χ0n) is 20.5. The van der Waals surface area contributed by atoms with E-state index in [1.165, 1.54) is 48.3 Å². The minimum atomic E-state index is -3.78. The van der Waals surface area contributed by atoms with Gasteiger partial charge in [-0.1, -0.05) is 32.9 Å². The summed E-state index contributed by atoms with van der Waals surface area (Å²) in [6.07, 6.45) is 2.63. The average Bonchev–Trinajstić information content (AvgIpc) is 3.02. The Morgan fingerprint density at radius 3 is 2.54 bits per heavy atom. The van der Waals surface area contributed by atoms with Crippen LogP contribution in [0.4, 0.5) is 10.1 Å². The van der Waals surface area contributed by atoms with Crippen LogP contribution in [0.2, 0.25) is 0 Å². The van der Waals surface area contributed by atoms with Crippen molar-refractivity contribution >= 4 is 27.5 Å². The summed E-state index contributed by atoms with van der Waals surface area (Å²) >= 11 is 0. The number of halogens is 1. The normalized spacial score (nSPS) is 23.6. The minimum absolute atomic E-state index is 0.0534. The fourth-order valence-electron chi connectivity index (χ4n) is 5.89. The zero-order chi connectivity index (χ0) is 25.6. The summed E-state index contributed by atoms with van der Waals surface area (Å²) in [5, 5.41) is 2.55. The first kappa shape index (κ1) is 25.3. The van der Waals surface area contributed by atoms with E-state index in [0.29, 0.717) is 6.54 Å². The molecule has 2 atom stereocenters. The number of carbonyl (C=O) groups is 2. The number of carbonyl (C=O) groups excluding carboxylic acids is 2. The third-order valence-corrected chi connectivity index (χ3v) is 8.78. The Morgan fingerprint density at radius 2 is 1.83 bits per heavy atom. The second kappa shape index (κ2) is 9.02. The first-order valence-corrected chi connectivity index (χ1v) is 13.1. The molecule has 2 aliphatic rings. The molecule has 9 heteroatoms. The highest BCUT2D eigenvalue weighted by molar-refractivity contribution is 7.89. The minimum Gasteiger partial charge on any atom is -0.332 e. The molecule has 188 valence electrons. The number of likely N-dealkylation sites (N-methyl/N-ethyl adjacent to an activating group) is 1. The highest BCUT2D eigenvalue weighted by Gasteiger charge is 2.53. The fourth-order valence-corrected chi connectivity index (χ4v) is 7.71. The third-order valence-electron chi connectivity index (χ3n) is 6.89. The third kappa shape index (κ3) is 5.41. The van der Waals surface area contributed by atoms with Crippen molar-refractivity contribution in [1.29, 1.82) is 0 Å². The molecule has 1 aliphatic carbocycles. The summed E-state index contributed by atoms with van der Waals surface area (Å²) in [6, 6.07) is 11.4. The maximum absolute atomic E-state index is 13.6. The Labute approximate surface area is 206 Å². The molecule has 1 aliphatic heterocycles. The Balaban J connectivity index is 1.48. The van der Waals surface area contributed by atoms with E-state index < -0.39 is 27.7 Å². The molecule has 0 radical (unpaired) electrons. The topological polar surface area (TPSA) is 86.8 Å². The van der Waals surface area contributed by atoms with Crippen molar-refractivity contribution in [3.8, 4) is 0 Å². The highest BCUT2D eigenvalue weighted by atomic mass is 32.2. The molecule has 0 aromatic heterocycles. The Bertz CT molecular complexity index is 1260. The van der Waals surface area contributed by atoms with Gasteiger partial charge in [-0.05, 0) is 66.5 Å². The molecule has 4 rings (SSSR count). The number of sulfonamides is 1. The summed E-state index contributed by atoms with van der Waals surface area (Å²) < 4.78 is 42.1. The SMILES string of the molecule is CN(CC(=O)Nc1cccc(F)c1)C(=O)c1cccc(S(=O)(=O)N2C[C@@]3(C)C[C@H]2CC(C)(C)C3)c1. The van der Waals surface area contributed by atoms with Crippen molar-refractivity contribution in [3.05, 3.63) is 59.9 Å². The van der Waals surface area contributed by atoms with Crippen LogP contribution in [0.3, 0.4) is 0 Å². The zero-order valence-corrected chi connectivity index (χ0v) is 21.4. The van der Waals surface area contributed by atoms with Gasteiger partial charge >= 0.3 is 0 Å². The number of anilines is 1. The predicted octanol–water partition coefficient (Wildman–Crippen LogP) is 4.13. The number of benzene rings is 2. The second-order valence-corrected chi connectivity index (χ2v) is 12.9. The number of hydrogen-bond donors (Lipinski definition) is 1. The lowest BCUT2D eigenvalue weighted by atomic mass is 9.65. The molecule has 35 heavy (non-hydrogen) atoms. The van der Waals surface area contributed by atoms with Crippen LogP contribution in [0.25, 0.3) is 0 Å². The lowest BCUT2D eigenvalue weighted by Gasteiger charge is -2.39. The van der Waals surface area contributed by atoms with Gasteiger partial charge in [0.05, 0.1) is 11.4 Å². The Hall–Kier alpha value is -2.78. The van der Waals surface area contributed by atoms with E-state index in [-0.39, 0.29) is 39.6 Å². The van der Waals surface area contributed by atoms with Gasteiger partial charge in [0.1, 0.15) is 5.82 Å². The quantitative estimate of drug-likeness (QED) is 0.645. The number of hydrogen-bond acceptors (Lipinski definition) is 4. The van der Waals surface area contributed by atoms with Crippen molar-refractivity contribution in [2.45, 2.75) is 51.0 Å². The van der Waals surface area contributed by atoms with Crippen LogP contribution in [-0.2, 0) is 14.8 Å². The number of nitrogens with zero attached hydrogens (tertiary/aromatic N) is 2. The summed E-state index contributed by atoms with van der Waals surface area (Å²) in [7, 11) is -2.32. The van der Waals surface area contributed by atoms with Crippen LogP contribution >= 0.6 is 0 Å². The van der Waals surface area contributed by atoms with Gasteiger partial charge in [0.2, 0.25) is 15.9 Å². The first-order chi connectivity index (χ1) is 16.3. The Kier molecular flexibility index (Phi) is 6.53. The van der Waals surface area contributed by atoms with Gasteiger partial charge in [-0.2, -0.15) is 4.31 Å². The fraction of sp³-hybridized carbons (Fsp3) is 0.462. The van der Waals surface area contributed by atoms with Crippen LogP contribution in [0.5, 0.6) is 0 Å². The molecule has 1 saturated heterocycles. The summed E-state index contributed by atoms with van der Waals surface area (Å²) in [6.45, 7) is 6.73. The maximum Gasteiger partial charge on any atom is 0.254 e. The Morgan fingerprint density at radius 1 is 1.11 bits per heavy atom. The summed E-state index contributed by atoms with van der Waals surface area (Å²) in [5.41, 5.74) is 0.494. The maximum atomic E-state index is 13.6. The van der Waals surface area contributed by atoms with Gasteiger partial charge in [-0.15, -0.1) is 0 Å². The molecule has 2 amide bonds. The van der Waals surface area contributed by atoms with Gasteiger partial charge in [-0.3, -0.25) is 9.59 Å². The van der Waals surface area contributed by atoms with Crippen molar-refractivity contribution in [2.75, 3.05) is 25.5 Å². The molecule has 2 aromatic carbocycles. The van der Waals surface area contributed by atoms with Gasteiger partial charge in [0.25, 0.3) is 5.91 Å². The summed E-state index contributed by atoms with van der Waals surface area (Å²) in [4.78, 5) is 26.6. The molecule has 2 fully saturated rings. The molecule has 0 unspecified atom stereocenters. The van der Waals surface area contributed by atoms with Gasteiger partial charge < -0.3 is 10.2 Å². The number of nitrogens with one attached hydrogen (secondary N) is 1. The second-order valence-electron chi connectivity index (χ2n) is 11.0. The first-order valence-electron chi connectivity index (χ1n) is 11.7. The lowest BCUT2D eigenvalue weighted by Crippen LogP contribution is -2.38. The monoisotopic (exact) mass is 501 g/mol. The summed E-state index contributed by atoms with van der Waals surface area (Å²) in [5.74, 6) is -1.45. The number of rotatable bonds is 6. The number of amides is 2. The molecular weight excluding hydrogens is 469 g/mol.